The summed E-state index contributed by atoms with van der Waals surface area (Å²) >= 11 is 0. The molecule has 0 fully saturated rings. The number of hydrogen-bond donors (Lipinski definition) is 1. The van der Waals surface area contributed by atoms with Crippen molar-refractivity contribution in [3.8, 4) is 0 Å². The normalized spacial score (nSPS) is 10.2. The summed E-state index contributed by atoms with van der Waals surface area (Å²) in [5.74, 6) is -1.48. The van der Waals surface area contributed by atoms with Crippen molar-refractivity contribution in [2.24, 2.45) is 0 Å². The molecule has 1 amide bonds. The zero-order chi connectivity index (χ0) is 19.3. The van der Waals surface area contributed by atoms with Gasteiger partial charge in [0.2, 0.25) is 5.91 Å². The first-order valence-corrected chi connectivity index (χ1v) is 8.01. The van der Waals surface area contributed by atoms with Gasteiger partial charge in [0.1, 0.15) is 0 Å². The van der Waals surface area contributed by atoms with Gasteiger partial charge in [-0.25, -0.2) is 9.59 Å². The number of carbonyl (C=O) groups is 3. The average Bonchev–Trinajstić information content (AvgIpc) is 2.62. The maximum absolute atomic E-state index is 12.4. The number of amides is 1. The molecule has 0 aliphatic heterocycles. The number of esters is 2. The summed E-state index contributed by atoms with van der Waals surface area (Å²) in [6.07, 6.45) is 0.183. The standard InChI is InChI=1S/C20H21NO5/c1-12-5-6-14(13(2)7-12)11-18(22)21-17-9-15(19(23)25-3)8-16(10-17)20(24)26-4/h5-10H,11H2,1-4H3,(H,21,22). The highest BCUT2D eigenvalue weighted by Crippen LogP contribution is 2.18. The van der Waals surface area contributed by atoms with Crippen molar-refractivity contribution in [1.82, 2.24) is 0 Å². The Morgan fingerprint density at radius 3 is 1.96 bits per heavy atom. The lowest BCUT2D eigenvalue weighted by molar-refractivity contribution is -0.115. The smallest absolute Gasteiger partial charge is 0.337 e. The van der Waals surface area contributed by atoms with Crippen molar-refractivity contribution in [2.75, 3.05) is 19.5 Å². The predicted octanol–water partition coefficient (Wildman–Crippen LogP) is 3.06. The maximum atomic E-state index is 12.4. The van der Waals surface area contributed by atoms with Crippen LogP contribution >= 0.6 is 0 Å². The Hall–Kier alpha value is -3.15. The first kappa shape index (κ1) is 19.2. The minimum Gasteiger partial charge on any atom is -0.465 e. The maximum Gasteiger partial charge on any atom is 0.337 e. The van der Waals surface area contributed by atoms with Gasteiger partial charge in [-0.2, -0.15) is 0 Å². The van der Waals surface area contributed by atoms with Gasteiger partial charge in [0.15, 0.2) is 0 Å². The number of anilines is 1. The third-order valence-electron chi connectivity index (χ3n) is 3.91. The molecule has 2 aromatic rings. The van der Waals surface area contributed by atoms with E-state index in [-0.39, 0.29) is 23.5 Å². The number of carbonyl (C=O) groups excluding carboxylic acids is 3. The molecule has 6 heteroatoms. The van der Waals surface area contributed by atoms with Crippen molar-refractivity contribution in [3.05, 3.63) is 64.2 Å². The number of benzene rings is 2. The van der Waals surface area contributed by atoms with Crippen LogP contribution in [0.15, 0.2) is 36.4 Å². The Balaban J connectivity index is 2.25. The first-order valence-electron chi connectivity index (χ1n) is 8.01. The number of nitrogens with one attached hydrogen (secondary N) is 1. The highest BCUT2D eigenvalue weighted by atomic mass is 16.5. The van der Waals surface area contributed by atoms with Crippen LogP contribution in [0.3, 0.4) is 0 Å². The largest absolute Gasteiger partial charge is 0.465 e. The minimum absolute atomic E-state index is 0.150. The van der Waals surface area contributed by atoms with Gasteiger partial charge in [-0.05, 0) is 43.2 Å². The average molecular weight is 355 g/mol. The topological polar surface area (TPSA) is 81.7 Å². The Bertz CT molecular complexity index is 823. The highest BCUT2D eigenvalue weighted by Gasteiger charge is 2.15. The van der Waals surface area contributed by atoms with E-state index in [2.05, 4.69) is 14.8 Å². The fourth-order valence-electron chi connectivity index (χ4n) is 2.59. The van der Waals surface area contributed by atoms with Gasteiger partial charge in [-0.3, -0.25) is 4.79 Å². The van der Waals surface area contributed by atoms with Gasteiger partial charge in [0.05, 0.1) is 31.8 Å². The summed E-state index contributed by atoms with van der Waals surface area (Å²) in [7, 11) is 2.48. The van der Waals surface area contributed by atoms with E-state index in [9.17, 15) is 14.4 Å². The van der Waals surface area contributed by atoms with Crippen LogP contribution in [0, 0.1) is 13.8 Å². The molecule has 0 heterocycles. The quantitative estimate of drug-likeness (QED) is 0.834. The van der Waals surface area contributed by atoms with E-state index >= 15 is 0 Å². The van der Waals surface area contributed by atoms with Gasteiger partial charge >= 0.3 is 11.9 Å². The molecule has 0 aromatic heterocycles. The second kappa shape index (κ2) is 8.29. The van der Waals surface area contributed by atoms with Crippen molar-refractivity contribution in [1.29, 1.82) is 0 Å². The van der Waals surface area contributed by atoms with E-state index < -0.39 is 11.9 Å². The van der Waals surface area contributed by atoms with Crippen LogP contribution in [-0.2, 0) is 20.7 Å². The molecule has 2 rings (SSSR count). The van der Waals surface area contributed by atoms with Crippen LogP contribution < -0.4 is 5.32 Å². The number of methoxy groups -OCH3 is 2. The molecule has 26 heavy (non-hydrogen) atoms. The molecule has 6 nitrogen and oxygen atoms in total. The molecule has 0 aliphatic carbocycles. The summed E-state index contributed by atoms with van der Waals surface area (Å²) in [5, 5.41) is 2.72. The van der Waals surface area contributed by atoms with Crippen molar-refractivity contribution >= 4 is 23.5 Å². The lowest BCUT2D eigenvalue weighted by atomic mass is 10.0. The highest BCUT2D eigenvalue weighted by molar-refractivity contribution is 5.99. The van der Waals surface area contributed by atoms with Crippen LogP contribution in [0.4, 0.5) is 5.69 Å². The second-order valence-corrected chi connectivity index (χ2v) is 5.94. The van der Waals surface area contributed by atoms with Gasteiger partial charge in [-0.15, -0.1) is 0 Å². The van der Waals surface area contributed by atoms with E-state index in [1.54, 1.807) is 0 Å². The van der Waals surface area contributed by atoms with Crippen molar-refractivity contribution in [2.45, 2.75) is 20.3 Å². The molecule has 0 saturated heterocycles. The lowest BCUT2D eigenvalue weighted by Crippen LogP contribution is -2.16. The van der Waals surface area contributed by atoms with Gasteiger partial charge in [-0.1, -0.05) is 23.8 Å². The van der Waals surface area contributed by atoms with E-state index in [4.69, 9.17) is 0 Å². The van der Waals surface area contributed by atoms with Crippen LogP contribution in [0.25, 0.3) is 0 Å². The molecule has 136 valence electrons. The van der Waals surface area contributed by atoms with Gasteiger partial charge in [0.25, 0.3) is 0 Å². The number of rotatable bonds is 5. The van der Waals surface area contributed by atoms with Gasteiger partial charge in [0, 0.05) is 5.69 Å². The monoisotopic (exact) mass is 355 g/mol. The zero-order valence-electron chi connectivity index (χ0n) is 15.2. The summed E-state index contributed by atoms with van der Waals surface area (Å²) in [6, 6.07) is 10.1. The van der Waals surface area contributed by atoms with Crippen LogP contribution in [0.1, 0.15) is 37.4 Å². The predicted molar refractivity (Wildman–Crippen MR) is 97.4 cm³/mol. The Labute approximate surface area is 152 Å². The van der Waals surface area contributed by atoms with E-state index in [1.807, 2.05) is 32.0 Å². The number of aryl methyl sites for hydroxylation is 2. The van der Waals surface area contributed by atoms with Gasteiger partial charge < -0.3 is 14.8 Å². The van der Waals surface area contributed by atoms with Crippen LogP contribution in [0.5, 0.6) is 0 Å². The Morgan fingerprint density at radius 2 is 1.46 bits per heavy atom. The Morgan fingerprint density at radius 1 is 0.885 bits per heavy atom. The van der Waals surface area contributed by atoms with E-state index in [1.165, 1.54) is 32.4 Å². The summed E-state index contributed by atoms with van der Waals surface area (Å²) in [6.45, 7) is 3.94. The Kier molecular flexibility index (Phi) is 6.11. The van der Waals surface area contributed by atoms with E-state index in [0.717, 1.165) is 16.7 Å². The molecule has 0 radical (unpaired) electrons. The molecular formula is C20H21NO5. The molecule has 0 spiro atoms. The summed E-state index contributed by atoms with van der Waals surface area (Å²) in [4.78, 5) is 36.0. The third-order valence-corrected chi connectivity index (χ3v) is 3.91. The minimum atomic E-state index is -0.611. The first-order chi connectivity index (χ1) is 12.3. The number of hydrogen-bond acceptors (Lipinski definition) is 5. The molecule has 0 aliphatic rings. The molecule has 2 aromatic carbocycles. The summed E-state index contributed by atoms with van der Waals surface area (Å²) < 4.78 is 9.37. The molecule has 0 atom stereocenters. The van der Waals surface area contributed by atoms with Crippen LogP contribution in [-0.4, -0.2) is 32.1 Å². The van der Waals surface area contributed by atoms with E-state index in [0.29, 0.717) is 5.69 Å². The molecule has 0 bridgehead atoms. The zero-order valence-corrected chi connectivity index (χ0v) is 15.2. The van der Waals surface area contributed by atoms with Crippen molar-refractivity contribution < 1.29 is 23.9 Å². The SMILES string of the molecule is COC(=O)c1cc(NC(=O)Cc2ccc(C)cc2C)cc(C(=O)OC)c1. The van der Waals surface area contributed by atoms with Crippen molar-refractivity contribution in [3.63, 3.8) is 0 Å². The third kappa shape index (κ3) is 4.69. The second-order valence-electron chi connectivity index (χ2n) is 5.94. The molecule has 1 N–H and O–H groups in total. The fourth-order valence-corrected chi connectivity index (χ4v) is 2.59. The lowest BCUT2D eigenvalue weighted by Gasteiger charge is -2.11. The van der Waals surface area contributed by atoms with Crippen LogP contribution in [0.2, 0.25) is 0 Å². The molecule has 0 unspecified atom stereocenters. The number of ether oxygens (including phenoxy) is 2. The molecular weight excluding hydrogens is 334 g/mol. The fraction of sp³-hybridized carbons (Fsp3) is 0.250. The molecule has 0 saturated carbocycles. The summed E-state index contributed by atoms with van der Waals surface area (Å²) in [5.41, 5.74) is 3.68.